The van der Waals surface area contributed by atoms with Gasteiger partial charge in [-0.25, -0.2) is 9.18 Å². The molecule has 1 amide bonds. The number of carboxylic acids is 1. The van der Waals surface area contributed by atoms with Crippen molar-refractivity contribution in [3.8, 4) is 0 Å². The van der Waals surface area contributed by atoms with Crippen LogP contribution in [0.4, 0.5) is 4.39 Å². The Morgan fingerprint density at radius 1 is 1.47 bits per heavy atom. The van der Waals surface area contributed by atoms with Crippen LogP contribution < -0.4 is 5.32 Å². The van der Waals surface area contributed by atoms with Crippen molar-refractivity contribution >= 4 is 18.0 Å². The van der Waals surface area contributed by atoms with E-state index in [-0.39, 0.29) is 5.91 Å². The molecule has 0 aliphatic carbocycles. The number of benzene rings is 1. The molecular formula is C14H16FNO3. The van der Waals surface area contributed by atoms with Gasteiger partial charge in [-0.15, -0.1) is 0 Å². The van der Waals surface area contributed by atoms with Crippen molar-refractivity contribution in [2.75, 3.05) is 0 Å². The van der Waals surface area contributed by atoms with Crippen molar-refractivity contribution in [2.24, 2.45) is 0 Å². The Balaban J connectivity index is 2.88. The zero-order chi connectivity index (χ0) is 14.4. The summed E-state index contributed by atoms with van der Waals surface area (Å²) in [5, 5.41) is 11.2. The number of rotatable bonds is 5. The molecule has 0 spiro atoms. The zero-order valence-electron chi connectivity index (χ0n) is 10.8. The first-order chi connectivity index (χ1) is 8.93. The Hall–Kier alpha value is -2.17. The largest absolute Gasteiger partial charge is 0.478 e. The fraction of sp³-hybridized carbons (Fsp3) is 0.286. The third kappa shape index (κ3) is 4.54. The topological polar surface area (TPSA) is 66.4 Å². The van der Waals surface area contributed by atoms with Crippen LogP contribution in [0.5, 0.6) is 0 Å². The van der Waals surface area contributed by atoms with Gasteiger partial charge in [0.15, 0.2) is 0 Å². The molecule has 0 aliphatic rings. The average molecular weight is 265 g/mol. The first-order valence-electron chi connectivity index (χ1n) is 5.93. The highest BCUT2D eigenvalue weighted by atomic mass is 19.1. The van der Waals surface area contributed by atoms with E-state index in [0.29, 0.717) is 17.5 Å². The third-order valence-electron chi connectivity index (χ3n) is 2.61. The summed E-state index contributed by atoms with van der Waals surface area (Å²) in [6.07, 6.45) is 2.59. The lowest BCUT2D eigenvalue weighted by Crippen LogP contribution is -2.26. The lowest BCUT2D eigenvalue weighted by Gasteiger charge is -2.14. The molecule has 19 heavy (non-hydrogen) atoms. The molecule has 0 heterocycles. The summed E-state index contributed by atoms with van der Waals surface area (Å²) >= 11 is 0. The number of hydrogen-bond donors (Lipinski definition) is 2. The summed E-state index contributed by atoms with van der Waals surface area (Å²) in [5.41, 5.74) is 0.826. The smallest absolute Gasteiger partial charge is 0.328 e. The number of amides is 1. The van der Waals surface area contributed by atoms with Crippen molar-refractivity contribution in [1.29, 1.82) is 0 Å². The van der Waals surface area contributed by atoms with Crippen LogP contribution in [0.2, 0.25) is 0 Å². The van der Waals surface area contributed by atoms with E-state index in [1.165, 1.54) is 18.2 Å². The first kappa shape index (κ1) is 14.9. The van der Waals surface area contributed by atoms with Gasteiger partial charge >= 0.3 is 5.97 Å². The highest BCUT2D eigenvalue weighted by Crippen LogP contribution is 2.19. The van der Waals surface area contributed by atoms with Gasteiger partial charge in [-0.3, -0.25) is 4.79 Å². The fourth-order valence-corrected chi connectivity index (χ4v) is 1.59. The Bertz CT molecular complexity index is 511. The van der Waals surface area contributed by atoms with Gasteiger partial charge in [0.05, 0.1) is 6.04 Å². The molecule has 1 unspecified atom stereocenters. The SMILES string of the molecule is CCC(=O)NC(C)c1ccc(C=CC(=O)O)cc1F. The van der Waals surface area contributed by atoms with Crippen LogP contribution in [0.15, 0.2) is 24.3 Å². The number of carboxylic acid groups (broad SMARTS) is 1. The van der Waals surface area contributed by atoms with Gasteiger partial charge in [-0.05, 0) is 24.6 Å². The molecule has 0 aromatic heterocycles. The minimum Gasteiger partial charge on any atom is -0.478 e. The van der Waals surface area contributed by atoms with Crippen molar-refractivity contribution in [2.45, 2.75) is 26.3 Å². The highest BCUT2D eigenvalue weighted by Gasteiger charge is 2.12. The summed E-state index contributed by atoms with van der Waals surface area (Å²) in [5.74, 6) is -1.72. The summed E-state index contributed by atoms with van der Waals surface area (Å²) in [6.45, 7) is 3.41. The monoisotopic (exact) mass is 265 g/mol. The van der Waals surface area contributed by atoms with Crippen molar-refractivity contribution in [1.82, 2.24) is 5.32 Å². The third-order valence-corrected chi connectivity index (χ3v) is 2.61. The molecule has 4 nitrogen and oxygen atoms in total. The molecule has 0 saturated heterocycles. The second-order valence-corrected chi connectivity index (χ2v) is 4.10. The second kappa shape index (κ2) is 6.68. The van der Waals surface area contributed by atoms with Crippen LogP contribution in [0.1, 0.15) is 37.4 Å². The van der Waals surface area contributed by atoms with Crippen molar-refractivity contribution in [3.05, 3.63) is 41.2 Å². The number of hydrogen-bond acceptors (Lipinski definition) is 2. The van der Waals surface area contributed by atoms with Gasteiger partial charge in [-0.2, -0.15) is 0 Å². The summed E-state index contributed by atoms with van der Waals surface area (Å²) in [4.78, 5) is 21.6. The van der Waals surface area contributed by atoms with Gasteiger partial charge in [0.1, 0.15) is 5.82 Å². The maximum atomic E-state index is 13.8. The molecule has 0 radical (unpaired) electrons. The van der Waals surface area contributed by atoms with Gasteiger partial charge in [-0.1, -0.05) is 19.1 Å². The molecule has 0 aliphatic heterocycles. The van der Waals surface area contributed by atoms with Gasteiger partial charge < -0.3 is 10.4 Å². The van der Waals surface area contributed by atoms with E-state index in [4.69, 9.17) is 5.11 Å². The normalized spacial score (nSPS) is 12.4. The van der Waals surface area contributed by atoms with Crippen LogP contribution in [-0.4, -0.2) is 17.0 Å². The molecule has 1 rings (SSSR count). The number of carbonyl (C=O) groups is 2. The van der Waals surface area contributed by atoms with E-state index in [0.717, 1.165) is 6.08 Å². The number of carbonyl (C=O) groups excluding carboxylic acids is 1. The fourth-order valence-electron chi connectivity index (χ4n) is 1.59. The molecule has 0 bridgehead atoms. The van der Waals surface area contributed by atoms with E-state index in [1.54, 1.807) is 19.9 Å². The Morgan fingerprint density at radius 2 is 2.16 bits per heavy atom. The van der Waals surface area contributed by atoms with Crippen LogP contribution in [-0.2, 0) is 9.59 Å². The molecule has 1 atom stereocenters. The standard InChI is InChI=1S/C14H16FNO3/c1-3-13(17)16-9(2)11-6-4-10(8-12(11)15)5-7-14(18)19/h4-9H,3H2,1-2H3,(H,16,17)(H,18,19). The number of aliphatic carboxylic acids is 1. The lowest BCUT2D eigenvalue weighted by atomic mass is 10.0. The molecule has 1 aromatic rings. The molecule has 1 aromatic carbocycles. The van der Waals surface area contributed by atoms with E-state index in [9.17, 15) is 14.0 Å². The molecule has 5 heteroatoms. The first-order valence-corrected chi connectivity index (χ1v) is 5.93. The number of nitrogens with one attached hydrogen (secondary N) is 1. The molecule has 0 saturated carbocycles. The van der Waals surface area contributed by atoms with Crippen molar-refractivity contribution < 1.29 is 19.1 Å². The molecular weight excluding hydrogens is 249 g/mol. The quantitative estimate of drug-likeness (QED) is 0.804. The Morgan fingerprint density at radius 3 is 2.68 bits per heavy atom. The maximum absolute atomic E-state index is 13.8. The molecule has 0 fully saturated rings. The zero-order valence-corrected chi connectivity index (χ0v) is 10.8. The summed E-state index contributed by atoms with van der Waals surface area (Å²) in [6, 6.07) is 3.96. The van der Waals surface area contributed by atoms with Crippen LogP contribution in [0.3, 0.4) is 0 Å². The average Bonchev–Trinajstić information content (AvgIpc) is 2.35. The predicted octanol–water partition coefficient (Wildman–Crippen LogP) is 2.51. The minimum atomic E-state index is -1.09. The van der Waals surface area contributed by atoms with Gasteiger partial charge in [0.2, 0.25) is 5.91 Å². The molecule has 2 N–H and O–H groups in total. The summed E-state index contributed by atoms with van der Waals surface area (Å²) in [7, 11) is 0. The highest BCUT2D eigenvalue weighted by molar-refractivity contribution is 5.85. The maximum Gasteiger partial charge on any atom is 0.328 e. The summed E-state index contributed by atoms with van der Waals surface area (Å²) < 4.78 is 13.8. The van der Waals surface area contributed by atoms with E-state index in [1.807, 2.05) is 0 Å². The Labute approximate surface area is 110 Å². The van der Waals surface area contributed by atoms with Crippen molar-refractivity contribution in [3.63, 3.8) is 0 Å². The number of halogens is 1. The van der Waals surface area contributed by atoms with Crippen LogP contribution in [0.25, 0.3) is 6.08 Å². The van der Waals surface area contributed by atoms with Gasteiger partial charge in [0, 0.05) is 18.1 Å². The van der Waals surface area contributed by atoms with E-state index >= 15 is 0 Å². The lowest BCUT2D eigenvalue weighted by molar-refractivity contribution is -0.131. The minimum absolute atomic E-state index is 0.151. The second-order valence-electron chi connectivity index (χ2n) is 4.10. The van der Waals surface area contributed by atoms with Crippen LogP contribution in [0, 0.1) is 5.82 Å². The van der Waals surface area contributed by atoms with E-state index in [2.05, 4.69) is 5.32 Å². The van der Waals surface area contributed by atoms with Gasteiger partial charge in [0.25, 0.3) is 0 Å². The van der Waals surface area contributed by atoms with E-state index < -0.39 is 17.8 Å². The Kier molecular flexibility index (Phi) is 5.23. The van der Waals surface area contributed by atoms with Crippen LogP contribution >= 0.6 is 0 Å². The predicted molar refractivity (Wildman–Crippen MR) is 69.9 cm³/mol. The molecule has 102 valence electrons.